The number of hydrogen-bond acceptors (Lipinski definition) is 4. The molecule has 2 heterocycles. The summed E-state index contributed by atoms with van der Waals surface area (Å²) in [5, 5.41) is 0. The Morgan fingerprint density at radius 3 is 2.66 bits per heavy atom. The summed E-state index contributed by atoms with van der Waals surface area (Å²) >= 11 is 1.44. The molecular formula is C22H26ClN3O2S. The van der Waals surface area contributed by atoms with Gasteiger partial charge in [-0.2, -0.15) is 0 Å². The number of carbonyl (C=O) groups is 2. The molecule has 1 atom stereocenters. The third kappa shape index (κ3) is 4.77. The van der Waals surface area contributed by atoms with Crippen molar-refractivity contribution in [1.29, 1.82) is 0 Å². The summed E-state index contributed by atoms with van der Waals surface area (Å²) in [6, 6.07) is 15.7. The molecule has 2 N–H and O–H groups in total. The summed E-state index contributed by atoms with van der Waals surface area (Å²) < 4.78 is 0. The number of halogens is 1. The van der Waals surface area contributed by atoms with E-state index >= 15 is 0 Å². The van der Waals surface area contributed by atoms with Crippen molar-refractivity contribution in [2.75, 3.05) is 30.3 Å². The number of carbonyl (C=O) groups excluding carboxylic acids is 2. The van der Waals surface area contributed by atoms with E-state index in [0.717, 1.165) is 42.9 Å². The average Bonchev–Trinajstić information content (AvgIpc) is 3.16. The molecule has 2 amide bonds. The zero-order chi connectivity index (χ0) is 19.5. The highest BCUT2D eigenvalue weighted by atomic mass is 35.5. The Balaban J connectivity index is 0.00000240. The van der Waals surface area contributed by atoms with Crippen molar-refractivity contribution in [3.8, 4) is 0 Å². The summed E-state index contributed by atoms with van der Waals surface area (Å²) in [6.45, 7) is 2.07. The maximum Gasteiger partial charge on any atom is 0.255 e. The number of hydrogen-bond donors (Lipinski definition) is 1. The number of nitrogens with two attached hydrogens (primary N) is 1. The molecule has 1 unspecified atom stereocenters. The second kappa shape index (κ2) is 9.65. The molecule has 2 aromatic carbocycles. The van der Waals surface area contributed by atoms with Gasteiger partial charge in [-0.1, -0.05) is 30.3 Å². The summed E-state index contributed by atoms with van der Waals surface area (Å²) in [7, 11) is 0. The van der Waals surface area contributed by atoms with E-state index in [1.807, 2.05) is 52.3 Å². The Kier molecular flexibility index (Phi) is 7.22. The Morgan fingerprint density at radius 2 is 1.83 bits per heavy atom. The zero-order valence-electron chi connectivity index (χ0n) is 16.3. The van der Waals surface area contributed by atoms with Crippen molar-refractivity contribution < 1.29 is 9.59 Å². The summed E-state index contributed by atoms with van der Waals surface area (Å²) in [5.74, 6) is 0.410. The highest BCUT2D eigenvalue weighted by Crippen LogP contribution is 2.30. The zero-order valence-corrected chi connectivity index (χ0v) is 17.9. The van der Waals surface area contributed by atoms with Gasteiger partial charge in [0.25, 0.3) is 5.91 Å². The molecule has 1 fully saturated rings. The van der Waals surface area contributed by atoms with Crippen molar-refractivity contribution in [3.63, 3.8) is 0 Å². The van der Waals surface area contributed by atoms with Crippen LogP contribution in [0.15, 0.2) is 53.4 Å². The third-order valence-corrected chi connectivity index (χ3v) is 6.46. The van der Waals surface area contributed by atoms with E-state index in [9.17, 15) is 9.59 Å². The monoisotopic (exact) mass is 431 g/mol. The second-order valence-electron chi connectivity index (χ2n) is 7.36. The minimum atomic E-state index is 0. The molecule has 2 aliphatic rings. The van der Waals surface area contributed by atoms with Gasteiger partial charge in [-0.3, -0.25) is 9.59 Å². The molecule has 154 valence electrons. The molecule has 7 heteroatoms. The van der Waals surface area contributed by atoms with Gasteiger partial charge >= 0.3 is 0 Å². The summed E-state index contributed by atoms with van der Waals surface area (Å²) in [6.07, 6.45) is 2.80. The minimum Gasteiger partial charge on any atom is -0.337 e. The van der Waals surface area contributed by atoms with Gasteiger partial charge in [0, 0.05) is 36.3 Å². The van der Waals surface area contributed by atoms with Gasteiger partial charge in [-0.05, 0) is 43.0 Å². The number of amides is 2. The molecule has 1 saturated heterocycles. The number of thioether (sulfide) groups is 1. The van der Waals surface area contributed by atoms with Crippen LogP contribution in [-0.4, -0.2) is 48.1 Å². The highest BCUT2D eigenvalue weighted by molar-refractivity contribution is 8.00. The van der Waals surface area contributed by atoms with Crippen LogP contribution in [0, 0.1) is 0 Å². The Hall–Kier alpha value is -2.02. The van der Waals surface area contributed by atoms with Crippen LogP contribution in [0.25, 0.3) is 0 Å². The number of anilines is 1. The lowest BCUT2D eigenvalue weighted by Gasteiger charge is -2.31. The summed E-state index contributed by atoms with van der Waals surface area (Å²) in [5.41, 5.74) is 8.93. The molecule has 4 rings (SSSR count). The smallest absolute Gasteiger partial charge is 0.255 e. The number of benzene rings is 2. The Bertz CT molecular complexity index is 892. The molecule has 0 spiro atoms. The molecule has 0 radical (unpaired) electrons. The van der Waals surface area contributed by atoms with Crippen LogP contribution in [0.1, 0.15) is 28.8 Å². The molecule has 2 aromatic rings. The molecule has 0 aliphatic carbocycles. The predicted octanol–water partition coefficient (Wildman–Crippen LogP) is 3.35. The van der Waals surface area contributed by atoms with E-state index in [1.54, 1.807) is 0 Å². The topological polar surface area (TPSA) is 66.6 Å². The van der Waals surface area contributed by atoms with Gasteiger partial charge in [0.1, 0.15) is 0 Å². The summed E-state index contributed by atoms with van der Waals surface area (Å²) in [4.78, 5) is 30.3. The molecular weight excluding hydrogens is 406 g/mol. The van der Waals surface area contributed by atoms with Crippen molar-refractivity contribution in [1.82, 2.24) is 4.90 Å². The van der Waals surface area contributed by atoms with Crippen LogP contribution in [-0.2, 0) is 11.2 Å². The molecule has 0 saturated carbocycles. The number of fused-ring (bicyclic) bond motifs is 1. The van der Waals surface area contributed by atoms with Crippen molar-refractivity contribution in [2.24, 2.45) is 5.73 Å². The van der Waals surface area contributed by atoms with Crippen LogP contribution >= 0.6 is 24.2 Å². The first-order chi connectivity index (χ1) is 13.6. The van der Waals surface area contributed by atoms with E-state index in [0.29, 0.717) is 17.9 Å². The fraction of sp³-hybridized carbons (Fsp3) is 0.364. The van der Waals surface area contributed by atoms with E-state index < -0.39 is 0 Å². The maximum absolute atomic E-state index is 13.0. The Labute approximate surface area is 182 Å². The first kappa shape index (κ1) is 21.7. The van der Waals surface area contributed by atoms with Crippen molar-refractivity contribution in [2.45, 2.75) is 30.2 Å². The van der Waals surface area contributed by atoms with Gasteiger partial charge in [0.2, 0.25) is 5.91 Å². The van der Waals surface area contributed by atoms with Crippen molar-refractivity contribution >= 4 is 41.7 Å². The molecule has 0 aromatic heterocycles. The quantitative estimate of drug-likeness (QED) is 0.754. The van der Waals surface area contributed by atoms with E-state index in [1.165, 1.54) is 17.3 Å². The molecule has 29 heavy (non-hydrogen) atoms. The average molecular weight is 432 g/mol. The maximum atomic E-state index is 13.0. The van der Waals surface area contributed by atoms with Crippen LogP contribution in [0.3, 0.4) is 0 Å². The van der Waals surface area contributed by atoms with Gasteiger partial charge in [0.15, 0.2) is 0 Å². The van der Waals surface area contributed by atoms with Crippen LogP contribution in [0.5, 0.6) is 0 Å². The number of likely N-dealkylation sites (tertiary alicyclic amines) is 1. The first-order valence-corrected chi connectivity index (χ1v) is 10.8. The van der Waals surface area contributed by atoms with Gasteiger partial charge < -0.3 is 15.5 Å². The lowest BCUT2D eigenvalue weighted by atomic mass is 10.1. The van der Waals surface area contributed by atoms with E-state index in [-0.39, 0.29) is 30.3 Å². The van der Waals surface area contributed by atoms with Gasteiger partial charge in [-0.25, -0.2) is 0 Å². The third-order valence-electron chi connectivity index (χ3n) is 5.40. The Morgan fingerprint density at radius 1 is 1.07 bits per heavy atom. The SMILES string of the molecule is Cl.NC1CCCN(C(=O)c2ccccc2SCC(=O)N2CCc3ccccc32)C1. The second-order valence-corrected chi connectivity index (χ2v) is 8.38. The normalized spacial score (nSPS) is 18.2. The van der Waals surface area contributed by atoms with Crippen LogP contribution in [0.4, 0.5) is 5.69 Å². The van der Waals surface area contributed by atoms with Crippen molar-refractivity contribution in [3.05, 3.63) is 59.7 Å². The fourth-order valence-corrected chi connectivity index (χ4v) is 4.87. The molecule has 5 nitrogen and oxygen atoms in total. The largest absolute Gasteiger partial charge is 0.337 e. The van der Waals surface area contributed by atoms with Crippen LogP contribution in [0.2, 0.25) is 0 Å². The lowest BCUT2D eigenvalue weighted by Crippen LogP contribution is -2.45. The highest BCUT2D eigenvalue weighted by Gasteiger charge is 2.26. The number of piperidine rings is 1. The van der Waals surface area contributed by atoms with Gasteiger partial charge in [0.05, 0.1) is 11.3 Å². The predicted molar refractivity (Wildman–Crippen MR) is 120 cm³/mol. The number of para-hydroxylation sites is 1. The molecule has 2 aliphatic heterocycles. The standard InChI is InChI=1S/C22H25N3O2S.ClH/c23-17-7-5-12-24(14-17)22(27)18-8-2-4-10-20(18)28-15-21(26)25-13-11-16-6-1-3-9-19(16)25;/h1-4,6,8-10,17H,5,7,11-15,23H2;1H. The van der Waals surface area contributed by atoms with E-state index in [4.69, 9.17) is 5.73 Å². The lowest BCUT2D eigenvalue weighted by molar-refractivity contribution is -0.116. The van der Waals surface area contributed by atoms with Crippen LogP contribution < -0.4 is 10.6 Å². The number of nitrogens with zero attached hydrogens (tertiary/aromatic N) is 2. The first-order valence-electron chi connectivity index (χ1n) is 9.78. The van der Waals surface area contributed by atoms with Gasteiger partial charge in [-0.15, -0.1) is 24.2 Å². The number of rotatable bonds is 4. The van der Waals surface area contributed by atoms with E-state index in [2.05, 4.69) is 6.07 Å². The molecule has 0 bridgehead atoms. The fourth-order valence-electron chi connectivity index (χ4n) is 3.95. The minimum absolute atomic E-state index is 0.